The lowest BCUT2D eigenvalue weighted by Crippen LogP contribution is -1.95. The van der Waals surface area contributed by atoms with Crippen molar-refractivity contribution in [3.8, 4) is 11.6 Å². The van der Waals surface area contributed by atoms with Crippen LogP contribution >= 0.6 is 0 Å². The third-order valence-corrected chi connectivity index (χ3v) is 2.14. The second-order valence-corrected chi connectivity index (χ2v) is 3.38. The summed E-state index contributed by atoms with van der Waals surface area (Å²) in [6, 6.07) is 9.15. The molecule has 0 saturated carbocycles. The molecule has 16 heavy (non-hydrogen) atoms. The Morgan fingerprint density at radius 1 is 1.12 bits per heavy atom. The van der Waals surface area contributed by atoms with Crippen LogP contribution < -0.4 is 10.5 Å². The molecule has 2 rings (SSSR count). The molecule has 1 heterocycles. The van der Waals surface area contributed by atoms with Gasteiger partial charge in [0.05, 0.1) is 11.4 Å². The van der Waals surface area contributed by atoms with Crippen LogP contribution in [-0.4, -0.2) is 4.98 Å². The fourth-order valence-corrected chi connectivity index (χ4v) is 1.23. The number of aromatic nitrogens is 1. The number of benzene rings is 1. The molecule has 1 aromatic carbocycles. The molecule has 0 aliphatic carbocycles. The zero-order chi connectivity index (χ0) is 11.5. The van der Waals surface area contributed by atoms with Crippen molar-refractivity contribution >= 4 is 5.69 Å². The fourth-order valence-electron chi connectivity index (χ4n) is 1.23. The first-order valence-electron chi connectivity index (χ1n) is 4.82. The molecule has 82 valence electrons. The maximum atomic E-state index is 12.7. The number of ether oxygens (including phenoxy) is 1. The Balaban J connectivity index is 2.20. The molecule has 4 heteroatoms. The average Bonchev–Trinajstić information content (AvgIpc) is 2.27. The predicted octanol–water partition coefficient (Wildman–Crippen LogP) is 2.90. The molecule has 0 fully saturated rings. The molecular weight excluding hydrogens is 207 g/mol. The number of nitrogen functional groups attached to an aromatic ring is 1. The van der Waals surface area contributed by atoms with Crippen LogP contribution in [0.15, 0.2) is 36.4 Å². The Morgan fingerprint density at radius 2 is 1.81 bits per heavy atom. The van der Waals surface area contributed by atoms with E-state index in [4.69, 9.17) is 10.5 Å². The SMILES string of the molecule is Cc1nc(Oc2ccc(F)cc2)ccc1N. The van der Waals surface area contributed by atoms with Crippen molar-refractivity contribution in [3.63, 3.8) is 0 Å². The van der Waals surface area contributed by atoms with Gasteiger partial charge in [-0.3, -0.25) is 0 Å². The van der Waals surface area contributed by atoms with Gasteiger partial charge in [0.2, 0.25) is 5.88 Å². The molecule has 0 aliphatic rings. The van der Waals surface area contributed by atoms with Gasteiger partial charge >= 0.3 is 0 Å². The smallest absolute Gasteiger partial charge is 0.219 e. The highest BCUT2D eigenvalue weighted by Crippen LogP contribution is 2.21. The summed E-state index contributed by atoms with van der Waals surface area (Å²) in [5, 5.41) is 0. The van der Waals surface area contributed by atoms with Crippen molar-refractivity contribution in [2.75, 3.05) is 5.73 Å². The van der Waals surface area contributed by atoms with Crippen molar-refractivity contribution in [2.45, 2.75) is 6.92 Å². The van der Waals surface area contributed by atoms with Gasteiger partial charge in [0, 0.05) is 6.07 Å². The van der Waals surface area contributed by atoms with Gasteiger partial charge in [-0.2, -0.15) is 0 Å². The van der Waals surface area contributed by atoms with Crippen LogP contribution in [0.3, 0.4) is 0 Å². The number of hydrogen-bond donors (Lipinski definition) is 1. The number of anilines is 1. The largest absolute Gasteiger partial charge is 0.439 e. The number of aryl methyl sites for hydroxylation is 1. The van der Waals surface area contributed by atoms with Crippen molar-refractivity contribution in [1.82, 2.24) is 4.98 Å². The van der Waals surface area contributed by atoms with Crippen molar-refractivity contribution in [2.24, 2.45) is 0 Å². The first-order valence-corrected chi connectivity index (χ1v) is 4.82. The molecule has 0 unspecified atom stereocenters. The molecule has 0 saturated heterocycles. The fraction of sp³-hybridized carbons (Fsp3) is 0.0833. The van der Waals surface area contributed by atoms with E-state index in [1.165, 1.54) is 12.1 Å². The zero-order valence-electron chi connectivity index (χ0n) is 8.77. The van der Waals surface area contributed by atoms with Crippen LogP contribution in [0.25, 0.3) is 0 Å². The van der Waals surface area contributed by atoms with E-state index >= 15 is 0 Å². The van der Waals surface area contributed by atoms with E-state index in [-0.39, 0.29) is 5.82 Å². The second kappa shape index (κ2) is 4.18. The van der Waals surface area contributed by atoms with Gasteiger partial charge in [-0.25, -0.2) is 9.37 Å². The lowest BCUT2D eigenvalue weighted by atomic mass is 10.3. The quantitative estimate of drug-likeness (QED) is 0.843. The molecule has 0 aliphatic heterocycles. The summed E-state index contributed by atoms with van der Waals surface area (Å²) in [6.07, 6.45) is 0. The minimum atomic E-state index is -0.297. The lowest BCUT2D eigenvalue weighted by Gasteiger charge is -2.06. The molecule has 0 bridgehead atoms. The molecule has 0 radical (unpaired) electrons. The summed E-state index contributed by atoms with van der Waals surface area (Å²) in [5.41, 5.74) is 6.96. The molecule has 0 atom stereocenters. The van der Waals surface area contributed by atoms with Gasteiger partial charge < -0.3 is 10.5 Å². The molecule has 0 amide bonds. The first kappa shape index (κ1) is 10.4. The van der Waals surface area contributed by atoms with E-state index in [0.717, 1.165) is 0 Å². The number of rotatable bonds is 2. The van der Waals surface area contributed by atoms with Crippen LogP contribution in [0.4, 0.5) is 10.1 Å². The van der Waals surface area contributed by atoms with E-state index in [2.05, 4.69) is 4.98 Å². The van der Waals surface area contributed by atoms with Gasteiger partial charge in [0.1, 0.15) is 11.6 Å². The van der Waals surface area contributed by atoms with Gasteiger partial charge in [0.25, 0.3) is 0 Å². The topological polar surface area (TPSA) is 48.1 Å². The van der Waals surface area contributed by atoms with Gasteiger partial charge in [-0.05, 0) is 37.3 Å². The van der Waals surface area contributed by atoms with Crippen LogP contribution in [0, 0.1) is 12.7 Å². The summed E-state index contributed by atoms with van der Waals surface area (Å²) < 4.78 is 18.1. The highest BCUT2D eigenvalue weighted by Gasteiger charge is 2.01. The Hall–Kier alpha value is -2.10. The molecule has 3 nitrogen and oxygen atoms in total. The van der Waals surface area contributed by atoms with Crippen molar-refractivity contribution in [1.29, 1.82) is 0 Å². The Morgan fingerprint density at radius 3 is 2.44 bits per heavy atom. The van der Waals surface area contributed by atoms with Crippen LogP contribution in [0.1, 0.15) is 5.69 Å². The van der Waals surface area contributed by atoms with Gasteiger partial charge in [-0.15, -0.1) is 0 Å². The van der Waals surface area contributed by atoms with Crippen molar-refractivity contribution < 1.29 is 9.13 Å². The van der Waals surface area contributed by atoms with Crippen molar-refractivity contribution in [3.05, 3.63) is 47.9 Å². The van der Waals surface area contributed by atoms with E-state index < -0.39 is 0 Å². The summed E-state index contributed by atoms with van der Waals surface area (Å²) >= 11 is 0. The number of nitrogens with zero attached hydrogens (tertiary/aromatic N) is 1. The highest BCUT2D eigenvalue weighted by atomic mass is 19.1. The standard InChI is InChI=1S/C12H11FN2O/c1-8-11(14)6-7-12(15-8)16-10-4-2-9(13)3-5-10/h2-7H,14H2,1H3. The average molecular weight is 218 g/mol. The Bertz CT molecular complexity index is 497. The number of hydrogen-bond acceptors (Lipinski definition) is 3. The van der Waals surface area contributed by atoms with E-state index in [1.807, 2.05) is 0 Å². The van der Waals surface area contributed by atoms with E-state index in [1.54, 1.807) is 31.2 Å². The maximum absolute atomic E-state index is 12.7. The van der Waals surface area contributed by atoms with Crippen LogP contribution in [0.5, 0.6) is 11.6 Å². The van der Waals surface area contributed by atoms with E-state index in [9.17, 15) is 4.39 Å². The van der Waals surface area contributed by atoms with Gasteiger partial charge in [0.15, 0.2) is 0 Å². The molecular formula is C12H11FN2O. The third-order valence-electron chi connectivity index (χ3n) is 2.14. The predicted molar refractivity (Wildman–Crippen MR) is 59.9 cm³/mol. The lowest BCUT2D eigenvalue weighted by molar-refractivity contribution is 0.460. The Labute approximate surface area is 92.7 Å². The van der Waals surface area contributed by atoms with Gasteiger partial charge in [-0.1, -0.05) is 0 Å². The number of halogens is 1. The first-order chi connectivity index (χ1) is 7.65. The summed E-state index contributed by atoms with van der Waals surface area (Å²) in [7, 11) is 0. The molecule has 1 aromatic heterocycles. The molecule has 2 aromatic rings. The van der Waals surface area contributed by atoms with Crippen LogP contribution in [-0.2, 0) is 0 Å². The normalized spacial score (nSPS) is 10.1. The zero-order valence-corrected chi connectivity index (χ0v) is 8.77. The summed E-state index contributed by atoms with van der Waals surface area (Å²) in [5.74, 6) is 0.685. The monoisotopic (exact) mass is 218 g/mol. The minimum absolute atomic E-state index is 0.297. The minimum Gasteiger partial charge on any atom is -0.439 e. The number of nitrogens with two attached hydrogens (primary N) is 1. The molecule has 2 N–H and O–H groups in total. The Kier molecular flexibility index (Phi) is 2.72. The second-order valence-electron chi connectivity index (χ2n) is 3.38. The summed E-state index contributed by atoms with van der Waals surface area (Å²) in [4.78, 5) is 4.15. The van der Waals surface area contributed by atoms with E-state index in [0.29, 0.717) is 23.0 Å². The number of pyridine rings is 1. The highest BCUT2D eigenvalue weighted by molar-refractivity contribution is 5.44. The molecule has 0 spiro atoms. The third kappa shape index (κ3) is 2.28. The summed E-state index contributed by atoms with van der Waals surface area (Å²) in [6.45, 7) is 1.80. The maximum Gasteiger partial charge on any atom is 0.219 e. The van der Waals surface area contributed by atoms with Crippen LogP contribution in [0.2, 0.25) is 0 Å².